The van der Waals surface area contributed by atoms with E-state index in [4.69, 9.17) is 0 Å². The molecule has 4 bridgehead atoms. The number of nitrogens with zero attached hydrogens (tertiary/aromatic N) is 2. The molecule has 0 aromatic heterocycles. The van der Waals surface area contributed by atoms with Gasteiger partial charge in [-0.25, -0.2) is 5.43 Å². The van der Waals surface area contributed by atoms with E-state index in [1.807, 2.05) is 13.8 Å². The maximum Gasteiger partial charge on any atom is 0.329 e. The third kappa shape index (κ3) is 4.50. The van der Waals surface area contributed by atoms with Crippen LogP contribution in [0, 0.1) is 23.7 Å². The van der Waals surface area contributed by atoms with Crippen LogP contribution in [0.15, 0.2) is 5.10 Å². The summed E-state index contributed by atoms with van der Waals surface area (Å²) in [7, 11) is 0. The molecule has 4 saturated carbocycles. The molecule has 27 heavy (non-hydrogen) atoms. The van der Waals surface area contributed by atoms with Crippen molar-refractivity contribution in [1.29, 1.82) is 0 Å². The topological polar surface area (TPSA) is 90.9 Å². The van der Waals surface area contributed by atoms with Crippen molar-refractivity contribution in [2.24, 2.45) is 28.8 Å². The van der Waals surface area contributed by atoms with E-state index >= 15 is 0 Å². The van der Waals surface area contributed by atoms with Gasteiger partial charge in [-0.3, -0.25) is 14.4 Å². The average molecular weight is 377 g/mol. The summed E-state index contributed by atoms with van der Waals surface area (Å²) in [5, 5.41) is 7.16. The number of likely N-dealkylation sites (N-methyl/N-ethyl adjacent to an activating group) is 1. The number of nitrogens with one attached hydrogen (secondary N) is 2. The second kappa shape index (κ2) is 8.40. The van der Waals surface area contributed by atoms with Gasteiger partial charge < -0.3 is 10.2 Å². The number of amides is 3. The van der Waals surface area contributed by atoms with Gasteiger partial charge in [0.1, 0.15) is 0 Å². The minimum absolute atomic E-state index is 0.0435. The molecule has 0 saturated heterocycles. The average Bonchev–Trinajstić information content (AvgIpc) is 2.63. The van der Waals surface area contributed by atoms with Crippen molar-refractivity contribution in [1.82, 2.24) is 15.6 Å². The van der Waals surface area contributed by atoms with E-state index < -0.39 is 11.8 Å². The van der Waals surface area contributed by atoms with Crippen LogP contribution < -0.4 is 10.7 Å². The van der Waals surface area contributed by atoms with Gasteiger partial charge in [0.15, 0.2) is 0 Å². The largest absolute Gasteiger partial charge is 0.352 e. The Morgan fingerprint density at radius 1 is 0.963 bits per heavy atom. The number of carbonyl (C=O) groups is 3. The lowest BCUT2D eigenvalue weighted by Crippen LogP contribution is -2.56. The van der Waals surface area contributed by atoms with Crippen LogP contribution in [0.3, 0.4) is 0 Å². The van der Waals surface area contributed by atoms with Gasteiger partial charge in [0.05, 0.1) is 6.42 Å². The fraction of sp³-hybridized carbons (Fsp3) is 0.800. The molecule has 0 heterocycles. The van der Waals surface area contributed by atoms with Gasteiger partial charge in [-0.05, 0) is 76.5 Å². The molecule has 2 N–H and O–H groups in total. The first-order valence-electron chi connectivity index (χ1n) is 10.3. The van der Waals surface area contributed by atoms with Gasteiger partial charge in [-0.15, -0.1) is 0 Å². The van der Waals surface area contributed by atoms with Crippen molar-refractivity contribution < 1.29 is 14.4 Å². The molecule has 3 amide bonds. The van der Waals surface area contributed by atoms with Gasteiger partial charge in [0.25, 0.3) is 0 Å². The second-order valence-electron chi connectivity index (χ2n) is 8.47. The molecule has 4 rings (SSSR count). The van der Waals surface area contributed by atoms with Crippen molar-refractivity contribution in [2.75, 3.05) is 13.1 Å². The minimum Gasteiger partial charge on any atom is -0.352 e. The SMILES string of the molecule is CCN(CC)C(=O)C(=O)N/N=C(/C)CC(=O)NC1C2CC3CC(C2)CC1C3. The van der Waals surface area contributed by atoms with Crippen LogP contribution in [0.1, 0.15) is 59.3 Å². The van der Waals surface area contributed by atoms with Crippen molar-refractivity contribution in [3.63, 3.8) is 0 Å². The maximum atomic E-state index is 12.4. The monoisotopic (exact) mass is 376 g/mol. The van der Waals surface area contributed by atoms with E-state index in [1.165, 1.54) is 37.0 Å². The second-order valence-corrected chi connectivity index (χ2v) is 8.47. The molecule has 7 nitrogen and oxygen atoms in total. The summed E-state index contributed by atoms with van der Waals surface area (Å²) in [4.78, 5) is 37.7. The van der Waals surface area contributed by atoms with E-state index in [1.54, 1.807) is 6.92 Å². The summed E-state index contributed by atoms with van der Waals surface area (Å²) in [6.45, 7) is 6.27. The van der Waals surface area contributed by atoms with E-state index in [2.05, 4.69) is 15.8 Å². The third-order valence-electron chi connectivity index (χ3n) is 6.56. The first-order valence-corrected chi connectivity index (χ1v) is 10.3. The van der Waals surface area contributed by atoms with Crippen molar-refractivity contribution in [3.8, 4) is 0 Å². The van der Waals surface area contributed by atoms with E-state index in [-0.39, 0.29) is 12.3 Å². The zero-order valence-electron chi connectivity index (χ0n) is 16.7. The highest BCUT2D eigenvalue weighted by Crippen LogP contribution is 2.53. The molecule has 4 fully saturated rings. The fourth-order valence-electron chi connectivity index (χ4n) is 5.52. The highest BCUT2D eigenvalue weighted by atomic mass is 16.2. The molecule has 0 spiro atoms. The zero-order valence-corrected chi connectivity index (χ0v) is 16.7. The Hall–Kier alpha value is -1.92. The van der Waals surface area contributed by atoms with Gasteiger partial charge >= 0.3 is 11.8 Å². The van der Waals surface area contributed by atoms with Gasteiger partial charge in [0.2, 0.25) is 5.91 Å². The zero-order chi connectivity index (χ0) is 19.6. The van der Waals surface area contributed by atoms with Gasteiger partial charge in [-0.1, -0.05) is 0 Å². The van der Waals surface area contributed by atoms with Gasteiger partial charge in [-0.2, -0.15) is 5.10 Å². The van der Waals surface area contributed by atoms with Crippen LogP contribution in [0.2, 0.25) is 0 Å². The Balaban J connectivity index is 1.47. The highest BCUT2D eigenvalue weighted by Gasteiger charge is 2.48. The quantitative estimate of drug-likeness (QED) is 0.420. The third-order valence-corrected chi connectivity index (χ3v) is 6.56. The van der Waals surface area contributed by atoms with Crippen LogP contribution in [0.4, 0.5) is 0 Å². The molecular weight excluding hydrogens is 344 g/mol. The Kier molecular flexibility index (Phi) is 6.17. The number of hydrazone groups is 1. The summed E-state index contributed by atoms with van der Waals surface area (Å²) < 4.78 is 0. The summed E-state index contributed by atoms with van der Waals surface area (Å²) >= 11 is 0. The Labute approximate surface area is 161 Å². The lowest BCUT2D eigenvalue weighted by molar-refractivity contribution is -0.145. The van der Waals surface area contributed by atoms with Crippen LogP contribution in [0.5, 0.6) is 0 Å². The lowest BCUT2D eigenvalue weighted by Gasteiger charge is -2.54. The predicted octanol–water partition coefficient (Wildman–Crippen LogP) is 1.68. The maximum absolute atomic E-state index is 12.4. The molecule has 0 aromatic carbocycles. The van der Waals surface area contributed by atoms with Gasteiger partial charge in [0, 0.05) is 24.8 Å². The number of carbonyl (C=O) groups excluding carboxylic acids is 3. The molecule has 7 heteroatoms. The molecule has 0 unspecified atom stereocenters. The summed E-state index contributed by atoms with van der Waals surface area (Å²) in [6, 6.07) is 0.303. The first kappa shape index (κ1) is 19.8. The Morgan fingerprint density at radius 3 is 2.04 bits per heavy atom. The Morgan fingerprint density at radius 2 is 1.52 bits per heavy atom. The molecular formula is C20H32N4O3. The molecule has 4 aliphatic carbocycles. The number of rotatable bonds is 6. The summed E-state index contributed by atoms with van der Waals surface area (Å²) in [6.07, 6.45) is 6.57. The molecule has 0 aliphatic heterocycles. The standard InChI is InChI=1S/C20H32N4O3/c1-4-24(5-2)20(27)19(26)23-22-12(3)6-17(25)21-18-15-8-13-7-14(10-15)11-16(18)9-13/h13-16,18H,4-11H2,1-3H3,(H,21,25)(H,23,26)/b22-12-. The summed E-state index contributed by atoms with van der Waals surface area (Å²) in [5.41, 5.74) is 2.77. The van der Waals surface area contributed by atoms with Crippen molar-refractivity contribution >= 4 is 23.4 Å². The molecule has 0 aromatic rings. The fourth-order valence-corrected chi connectivity index (χ4v) is 5.52. The predicted molar refractivity (Wildman–Crippen MR) is 103 cm³/mol. The molecule has 150 valence electrons. The summed E-state index contributed by atoms with van der Waals surface area (Å²) in [5.74, 6) is 1.61. The van der Waals surface area contributed by atoms with Crippen LogP contribution in [0.25, 0.3) is 0 Å². The number of hydrogen-bond donors (Lipinski definition) is 2. The van der Waals surface area contributed by atoms with Crippen molar-refractivity contribution in [2.45, 2.75) is 65.3 Å². The normalized spacial score (nSPS) is 31.5. The molecule has 0 atom stereocenters. The number of hydrogen-bond acceptors (Lipinski definition) is 4. The first-order chi connectivity index (χ1) is 12.9. The van der Waals surface area contributed by atoms with E-state index in [0.29, 0.717) is 36.7 Å². The van der Waals surface area contributed by atoms with E-state index in [0.717, 1.165) is 11.8 Å². The molecule has 0 radical (unpaired) electrons. The minimum atomic E-state index is -0.764. The van der Waals surface area contributed by atoms with Crippen molar-refractivity contribution in [3.05, 3.63) is 0 Å². The van der Waals surface area contributed by atoms with Crippen LogP contribution >= 0.6 is 0 Å². The van der Waals surface area contributed by atoms with E-state index in [9.17, 15) is 14.4 Å². The Bertz CT molecular complexity index is 599. The highest BCUT2D eigenvalue weighted by molar-refractivity contribution is 6.35. The van der Waals surface area contributed by atoms with Crippen LogP contribution in [-0.4, -0.2) is 47.5 Å². The molecule has 4 aliphatic rings. The van der Waals surface area contributed by atoms with Crippen LogP contribution in [-0.2, 0) is 14.4 Å². The smallest absolute Gasteiger partial charge is 0.329 e. The lowest BCUT2D eigenvalue weighted by atomic mass is 9.54.